The van der Waals surface area contributed by atoms with Crippen LogP contribution >= 0.6 is 11.6 Å². The van der Waals surface area contributed by atoms with Gasteiger partial charge in [-0.3, -0.25) is 0 Å². The van der Waals surface area contributed by atoms with Crippen molar-refractivity contribution in [3.63, 3.8) is 0 Å². The number of aromatic nitrogens is 2. The van der Waals surface area contributed by atoms with E-state index in [1.165, 1.54) is 0 Å². The zero-order valence-corrected chi connectivity index (χ0v) is 16.4. The standard InChI is InChI=1S/C21H22ClN5O/c1-15-14-20(24-17-7-3-2-6-16(17)22)26-21(23-15)25-18-8-4-5-9-19(18)27-10-12-28-13-11-27/h2-9,14H,10-13H2,1H3,(H2,23,24,25,26). The van der Waals surface area contributed by atoms with Gasteiger partial charge in [-0.25, -0.2) is 4.98 Å². The zero-order chi connectivity index (χ0) is 19.3. The van der Waals surface area contributed by atoms with Crippen LogP contribution in [0, 0.1) is 6.92 Å². The molecule has 1 aromatic heterocycles. The Morgan fingerprint density at radius 2 is 1.64 bits per heavy atom. The summed E-state index contributed by atoms with van der Waals surface area (Å²) in [5.41, 5.74) is 3.76. The van der Waals surface area contributed by atoms with Crippen LogP contribution in [0.4, 0.5) is 28.8 Å². The van der Waals surface area contributed by atoms with Crippen LogP contribution in [0.1, 0.15) is 5.69 Å². The maximum Gasteiger partial charge on any atom is 0.229 e. The molecule has 7 heteroatoms. The Labute approximate surface area is 169 Å². The molecular formula is C21H22ClN5O. The quantitative estimate of drug-likeness (QED) is 0.649. The second-order valence-corrected chi connectivity index (χ2v) is 6.97. The average molecular weight is 396 g/mol. The maximum absolute atomic E-state index is 6.25. The zero-order valence-electron chi connectivity index (χ0n) is 15.7. The van der Waals surface area contributed by atoms with Crippen LogP contribution in [-0.2, 0) is 4.74 Å². The summed E-state index contributed by atoms with van der Waals surface area (Å²) >= 11 is 6.25. The third kappa shape index (κ3) is 4.35. The smallest absolute Gasteiger partial charge is 0.229 e. The summed E-state index contributed by atoms with van der Waals surface area (Å²) in [7, 11) is 0. The fraction of sp³-hybridized carbons (Fsp3) is 0.238. The van der Waals surface area contributed by atoms with Gasteiger partial charge >= 0.3 is 0 Å². The molecule has 0 spiro atoms. The molecule has 4 rings (SSSR count). The summed E-state index contributed by atoms with van der Waals surface area (Å²) in [4.78, 5) is 11.5. The van der Waals surface area contributed by atoms with Gasteiger partial charge in [0.2, 0.25) is 5.95 Å². The molecule has 6 nitrogen and oxygen atoms in total. The summed E-state index contributed by atoms with van der Waals surface area (Å²) < 4.78 is 5.47. The van der Waals surface area contributed by atoms with Crippen LogP contribution in [-0.4, -0.2) is 36.3 Å². The van der Waals surface area contributed by atoms with E-state index in [2.05, 4.69) is 31.6 Å². The lowest BCUT2D eigenvalue weighted by Crippen LogP contribution is -2.36. The molecule has 1 saturated heterocycles. The Hall–Kier alpha value is -2.83. The number of morpholine rings is 1. The molecule has 2 heterocycles. The van der Waals surface area contributed by atoms with E-state index in [1.807, 2.05) is 55.5 Å². The van der Waals surface area contributed by atoms with Crippen molar-refractivity contribution < 1.29 is 4.74 Å². The highest BCUT2D eigenvalue weighted by Gasteiger charge is 2.15. The molecule has 28 heavy (non-hydrogen) atoms. The summed E-state index contributed by atoms with van der Waals surface area (Å²) in [5, 5.41) is 7.29. The van der Waals surface area contributed by atoms with Crippen molar-refractivity contribution in [3.8, 4) is 0 Å². The third-order valence-electron chi connectivity index (χ3n) is 4.49. The minimum atomic E-state index is 0.537. The predicted molar refractivity (Wildman–Crippen MR) is 114 cm³/mol. The van der Waals surface area contributed by atoms with Crippen LogP contribution < -0.4 is 15.5 Å². The molecule has 0 saturated carbocycles. The van der Waals surface area contributed by atoms with E-state index in [9.17, 15) is 0 Å². The minimum Gasteiger partial charge on any atom is -0.378 e. The molecule has 1 aliphatic heterocycles. The van der Waals surface area contributed by atoms with Crippen molar-refractivity contribution in [3.05, 3.63) is 65.3 Å². The number of hydrogen-bond acceptors (Lipinski definition) is 6. The maximum atomic E-state index is 6.25. The van der Waals surface area contributed by atoms with Gasteiger partial charge in [-0.05, 0) is 31.2 Å². The van der Waals surface area contributed by atoms with Crippen molar-refractivity contribution in [2.75, 3.05) is 41.8 Å². The van der Waals surface area contributed by atoms with Gasteiger partial charge in [0.25, 0.3) is 0 Å². The largest absolute Gasteiger partial charge is 0.378 e. The molecule has 2 N–H and O–H groups in total. The number of benzene rings is 2. The third-order valence-corrected chi connectivity index (χ3v) is 4.82. The van der Waals surface area contributed by atoms with Crippen LogP contribution in [0.2, 0.25) is 5.02 Å². The Bertz CT molecular complexity index is 959. The molecule has 1 aliphatic rings. The van der Waals surface area contributed by atoms with Gasteiger partial charge in [0.1, 0.15) is 5.82 Å². The topological polar surface area (TPSA) is 62.3 Å². The second kappa shape index (κ2) is 8.46. The highest BCUT2D eigenvalue weighted by molar-refractivity contribution is 6.33. The van der Waals surface area contributed by atoms with Crippen molar-refractivity contribution in [1.82, 2.24) is 9.97 Å². The first-order valence-corrected chi connectivity index (χ1v) is 9.63. The summed E-state index contributed by atoms with van der Waals surface area (Å²) in [6.07, 6.45) is 0. The highest BCUT2D eigenvalue weighted by Crippen LogP contribution is 2.29. The van der Waals surface area contributed by atoms with Crippen LogP contribution in [0.15, 0.2) is 54.6 Å². The van der Waals surface area contributed by atoms with E-state index in [0.29, 0.717) is 16.8 Å². The van der Waals surface area contributed by atoms with Crippen molar-refractivity contribution >= 4 is 40.4 Å². The molecule has 144 valence electrons. The van der Waals surface area contributed by atoms with E-state index < -0.39 is 0 Å². The average Bonchev–Trinajstić information content (AvgIpc) is 2.70. The normalized spacial score (nSPS) is 14.0. The molecular weight excluding hydrogens is 374 g/mol. The van der Waals surface area contributed by atoms with Gasteiger partial charge in [0.05, 0.1) is 35.3 Å². The molecule has 0 aliphatic carbocycles. The number of nitrogens with one attached hydrogen (secondary N) is 2. The van der Waals surface area contributed by atoms with Crippen LogP contribution in [0.3, 0.4) is 0 Å². The first-order valence-electron chi connectivity index (χ1n) is 9.25. The lowest BCUT2D eigenvalue weighted by atomic mass is 10.2. The van der Waals surface area contributed by atoms with Gasteiger partial charge < -0.3 is 20.3 Å². The number of aryl methyl sites for hydroxylation is 1. The highest BCUT2D eigenvalue weighted by atomic mass is 35.5. The van der Waals surface area contributed by atoms with Gasteiger partial charge in [0.15, 0.2) is 0 Å². The van der Waals surface area contributed by atoms with Crippen molar-refractivity contribution in [2.24, 2.45) is 0 Å². The number of rotatable bonds is 5. The molecule has 0 atom stereocenters. The van der Waals surface area contributed by atoms with E-state index >= 15 is 0 Å². The molecule has 3 aromatic rings. The number of nitrogens with zero attached hydrogens (tertiary/aromatic N) is 3. The first-order chi connectivity index (χ1) is 13.7. The van der Waals surface area contributed by atoms with E-state index in [1.54, 1.807) is 0 Å². The molecule has 1 fully saturated rings. The Morgan fingerprint density at radius 1 is 0.929 bits per heavy atom. The van der Waals surface area contributed by atoms with Gasteiger partial charge in [0, 0.05) is 24.8 Å². The fourth-order valence-electron chi connectivity index (χ4n) is 3.17. The van der Waals surface area contributed by atoms with E-state index in [-0.39, 0.29) is 0 Å². The summed E-state index contributed by atoms with van der Waals surface area (Å²) in [6.45, 7) is 5.15. The molecule has 2 aromatic carbocycles. The number of para-hydroxylation sites is 3. The second-order valence-electron chi connectivity index (χ2n) is 6.56. The first kappa shape index (κ1) is 18.5. The molecule has 0 unspecified atom stereocenters. The SMILES string of the molecule is Cc1cc(Nc2ccccc2Cl)nc(Nc2ccccc2N2CCOCC2)n1. The number of anilines is 5. The monoisotopic (exact) mass is 395 g/mol. The summed E-state index contributed by atoms with van der Waals surface area (Å²) in [6, 6.07) is 17.7. The predicted octanol–water partition coefficient (Wildman–Crippen LogP) is 4.76. The Morgan fingerprint density at radius 3 is 2.43 bits per heavy atom. The Kier molecular flexibility index (Phi) is 5.60. The van der Waals surface area contributed by atoms with Gasteiger partial charge in [-0.15, -0.1) is 0 Å². The fourth-order valence-corrected chi connectivity index (χ4v) is 3.35. The van der Waals surface area contributed by atoms with E-state index in [0.717, 1.165) is 49.1 Å². The van der Waals surface area contributed by atoms with Crippen LogP contribution in [0.5, 0.6) is 0 Å². The lowest BCUT2D eigenvalue weighted by Gasteiger charge is -2.30. The minimum absolute atomic E-state index is 0.537. The van der Waals surface area contributed by atoms with Gasteiger partial charge in [-0.2, -0.15) is 4.98 Å². The van der Waals surface area contributed by atoms with E-state index in [4.69, 9.17) is 16.3 Å². The van der Waals surface area contributed by atoms with Crippen LogP contribution in [0.25, 0.3) is 0 Å². The lowest BCUT2D eigenvalue weighted by molar-refractivity contribution is 0.123. The number of hydrogen-bond donors (Lipinski definition) is 2. The van der Waals surface area contributed by atoms with Gasteiger partial charge in [-0.1, -0.05) is 35.9 Å². The molecule has 0 amide bonds. The molecule has 0 bridgehead atoms. The van der Waals surface area contributed by atoms with Crippen molar-refractivity contribution in [1.29, 1.82) is 0 Å². The van der Waals surface area contributed by atoms with Crippen molar-refractivity contribution in [2.45, 2.75) is 6.92 Å². The summed E-state index contributed by atoms with van der Waals surface area (Å²) in [5.74, 6) is 1.22. The number of halogens is 1. The number of ether oxygens (including phenoxy) is 1. The Balaban J connectivity index is 1.59. The molecule has 0 radical (unpaired) electrons.